The number of benzene rings is 3. The summed E-state index contributed by atoms with van der Waals surface area (Å²) in [5.74, 6) is -1.91. The molecule has 0 aliphatic heterocycles. The molecule has 0 bridgehead atoms. The van der Waals surface area contributed by atoms with Gasteiger partial charge in [0.2, 0.25) is 0 Å². The number of hydrogen-bond donors (Lipinski definition) is 0. The van der Waals surface area contributed by atoms with Gasteiger partial charge >= 0.3 is 0 Å². The Labute approximate surface area is 152 Å². The summed E-state index contributed by atoms with van der Waals surface area (Å²) in [5.41, 5.74) is 3.32. The van der Waals surface area contributed by atoms with Gasteiger partial charge in [-0.25, -0.2) is 13.2 Å². The number of halogens is 3. The second-order valence-electron chi connectivity index (χ2n) is 6.40. The fourth-order valence-corrected chi connectivity index (χ4v) is 3.15. The van der Waals surface area contributed by atoms with Gasteiger partial charge in [-0.1, -0.05) is 68.8 Å². The Morgan fingerprint density at radius 2 is 1.31 bits per heavy atom. The van der Waals surface area contributed by atoms with E-state index in [0.717, 1.165) is 18.4 Å². The highest BCUT2D eigenvalue weighted by Crippen LogP contribution is 2.30. The second-order valence-corrected chi connectivity index (χ2v) is 6.40. The zero-order valence-corrected chi connectivity index (χ0v) is 15.0. The van der Waals surface area contributed by atoms with Crippen LogP contribution in [0.15, 0.2) is 54.6 Å². The average Bonchev–Trinajstić information content (AvgIpc) is 2.65. The molecule has 0 spiro atoms. The predicted octanol–water partition coefficient (Wildman–Crippen LogP) is 6.95. The lowest BCUT2D eigenvalue weighted by Gasteiger charge is -2.10. The van der Waals surface area contributed by atoms with Crippen molar-refractivity contribution in [1.29, 1.82) is 0 Å². The largest absolute Gasteiger partial charge is 0.206 e. The molecule has 0 fully saturated rings. The third-order valence-corrected chi connectivity index (χ3v) is 4.62. The van der Waals surface area contributed by atoms with Gasteiger partial charge in [0.15, 0.2) is 11.6 Å². The molecule has 0 saturated carbocycles. The monoisotopic (exact) mass is 354 g/mol. The van der Waals surface area contributed by atoms with E-state index in [-0.39, 0.29) is 11.4 Å². The summed E-state index contributed by atoms with van der Waals surface area (Å²) in [6.45, 7) is 3.84. The number of hydrogen-bond acceptors (Lipinski definition) is 0. The summed E-state index contributed by atoms with van der Waals surface area (Å²) in [7, 11) is 0. The lowest BCUT2D eigenvalue weighted by atomic mass is 9.97. The molecule has 0 aliphatic carbocycles. The van der Waals surface area contributed by atoms with E-state index >= 15 is 0 Å². The molecule has 0 nitrogen and oxygen atoms in total. The van der Waals surface area contributed by atoms with E-state index in [1.165, 1.54) is 0 Å². The minimum absolute atomic E-state index is 0.213. The first-order valence-electron chi connectivity index (χ1n) is 8.91. The van der Waals surface area contributed by atoms with Crippen LogP contribution in [-0.4, -0.2) is 0 Å². The van der Waals surface area contributed by atoms with E-state index in [0.29, 0.717) is 28.7 Å². The van der Waals surface area contributed by atoms with Crippen molar-refractivity contribution in [3.05, 3.63) is 83.2 Å². The predicted molar refractivity (Wildman–Crippen MR) is 101 cm³/mol. The van der Waals surface area contributed by atoms with Gasteiger partial charge in [-0.3, -0.25) is 0 Å². The van der Waals surface area contributed by atoms with Gasteiger partial charge in [0.1, 0.15) is 5.82 Å². The van der Waals surface area contributed by atoms with Crippen LogP contribution in [0, 0.1) is 17.5 Å². The molecule has 3 rings (SSSR count). The molecular formula is C23H21F3. The zero-order chi connectivity index (χ0) is 18.7. The standard InChI is InChI=1S/C23H21F3/c1-3-5-15-6-12-19(21(24)14-15)17-7-9-18(10-8-17)20-13-11-16(4-2)22(25)23(20)26/h6-14H,3-5H2,1-2H3. The van der Waals surface area contributed by atoms with Gasteiger partial charge in [-0.05, 0) is 41.2 Å². The Morgan fingerprint density at radius 1 is 0.692 bits per heavy atom. The molecular weight excluding hydrogens is 333 g/mol. The zero-order valence-electron chi connectivity index (χ0n) is 15.0. The lowest BCUT2D eigenvalue weighted by molar-refractivity contribution is 0.502. The fourth-order valence-electron chi connectivity index (χ4n) is 3.15. The Kier molecular flexibility index (Phi) is 5.46. The van der Waals surface area contributed by atoms with Gasteiger partial charge in [0, 0.05) is 11.1 Å². The molecule has 134 valence electrons. The van der Waals surface area contributed by atoms with Gasteiger partial charge in [0.05, 0.1) is 0 Å². The Morgan fingerprint density at radius 3 is 1.88 bits per heavy atom. The van der Waals surface area contributed by atoms with E-state index in [4.69, 9.17) is 0 Å². The van der Waals surface area contributed by atoms with E-state index in [9.17, 15) is 13.2 Å². The van der Waals surface area contributed by atoms with Crippen molar-refractivity contribution in [1.82, 2.24) is 0 Å². The molecule has 0 radical (unpaired) electrons. The summed E-state index contributed by atoms with van der Waals surface area (Å²) in [6, 6.07) is 15.3. The normalized spacial score (nSPS) is 11.0. The van der Waals surface area contributed by atoms with Crippen molar-refractivity contribution < 1.29 is 13.2 Å². The Balaban J connectivity index is 1.93. The molecule has 0 aromatic heterocycles. The minimum Gasteiger partial charge on any atom is -0.206 e. The van der Waals surface area contributed by atoms with Crippen molar-refractivity contribution in [2.45, 2.75) is 33.1 Å². The van der Waals surface area contributed by atoms with E-state index in [2.05, 4.69) is 6.92 Å². The second kappa shape index (κ2) is 7.77. The quantitative estimate of drug-likeness (QED) is 0.465. The molecule has 3 aromatic carbocycles. The van der Waals surface area contributed by atoms with Crippen LogP contribution in [0.3, 0.4) is 0 Å². The van der Waals surface area contributed by atoms with E-state index < -0.39 is 11.6 Å². The SMILES string of the molecule is CCCc1ccc(-c2ccc(-c3ccc(CC)c(F)c3F)cc2)c(F)c1. The molecule has 26 heavy (non-hydrogen) atoms. The minimum atomic E-state index is -0.841. The highest BCUT2D eigenvalue weighted by atomic mass is 19.2. The molecule has 0 N–H and O–H groups in total. The summed E-state index contributed by atoms with van der Waals surface area (Å²) in [5, 5.41) is 0. The van der Waals surface area contributed by atoms with Crippen molar-refractivity contribution in [3.63, 3.8) is 0 Å². The third kappa shape index (κ3) is 3.52. The Hall–Kier alpha value is -2.55. The van der Waals surface area contributed by atoms with Gasteiger partial charge in [0.25, 0.3) is 0 Å². The summed E-state index contributed by atoms with van der Waals surface area (Å²) in [6.07, 6.45) is 2.25. The molecule has 0 heterocycles. The van der Waals surface area contributed by atoms with Crippen LogP contribution in [0.25, 0.3) is 22.3 Å². The molecule has 0 amide bonds. The smallest absolute Gasteiger partial charge is 0.166 e. The first-order valence-corrected chi connectivity index (χ1v) is 8.91. The maximum atomic E-state index is 14.4. The summed E-state index contributed by atoms with van der Waals surface area (Å²) in [4.78, 5) is 0. The van der Waals surface area contributed by atoms with Crippen LogP contribution < -0.4 is 0 Å². The first kappa shape index (κ1) is 18.2. The van der Waals surface area contributed by atoms with Crippen molar-refractivity contribution >= 4 is 0 Å². The van der Waals surface area contributed by atoms with Crippen LogP contribution in [0.5, 0.6) is 0 Å². The van der Waals surface area contributed by atoms with Crippen LogP contribution in [0.1, 0.15) is 31.4 Å². The van der Waals surface area contributed by atoms with Crippen LogP contribution in [0.4, 0.5) is 13.2 Å². The van der Waals surface area contributed by atoms with E-state index in [1.54, 1.807) is 55.5 Å². The van der Waals surface area contributed by atoms with Crippen molar-refractivity contribution in [2.75, 3.05) is 0 Å². The van der Waals surface area contributed by atoms with Crippen molar-refractivity contribution in [3.8, 4) is 22.3 Å². The maximum Gasteiger partial charge on any atom is 0.166 e. The fraction of sp³-hybridized carbons (Fsp3) is 0.217. The van der Waals surface area contributed by atoms with Gasteiger partial charge < -0.3 is 0 Å². The van der Waals surface area contributed by atoms with Gasteiger partial charge in [-0.2, -0.15) is 0 Å². The molecule has 0 unspecified atom stereocenters. The topological polar surface area (TPSA) is 0 Å². The maximum absolute atomic E-state index is 14.4. The third-order valence-electron chi connectivity index (χ3n) is 4.62. The number of aryl methyl sites for hydroxylation is 2. The lowest BCUT2D eigenvalue weighted by Crippen LogP contribution is -1.96. The molecule has 3 heteroatoms. The number of rotatable bonds is 5. The summed E-state index contributed by atoms with van der Waals surface area (Å²) >= 11 is 0. The molecule has 3 aromatic rings. The highest BCUT2D eigenvalue weighted by molar-refractivity contribution is 5.71. The Bertz CT molecular complexity index is 911. The molecule has 0 atom stereocenters. The van der Waals surface area contributed by atoms with Gasteiger partial charge in [-0.15, -0.1) is 0 Å². The highest BCUT2D eigenvalue weighted by Gasteiger charge is 2.14. The van der Waals surface area contributed by atoms with E-state index in [1.807, 2.05) is 6.07 Å². The summed E-state index contributed by atoms with van der Waals surface area (Å²) < 4.78 is 42.7. The molecule has 0 saturated heterocycles. The van der Waals surface area contributed by atoms with Crippen LogP contribution in [-0.2, 0) is 12.8 Å². The average molecular weight is 354 g/mol. The van der Waals surface area contributed by atoms with Crippen molar-refractivity contribution in [2.24, 2.45) is 0 Å². The van der Waals surface area contributed by atoms with Crippen LogP contribution >= 0.6 is 0 Å². The van der Waals surface area contributed by atoms with Crippen LogP contribution in [0.2, 0.25) is 0 Å². The first-order chi connectivity index (χ1) is 12.5. The molecule has 0 aliphatic rings.